The summed E-state index contributed by atoms with van der Waals surface area (Å²) < 4.78 is 0. The molecule has 48 valence electrons. The van der Waals surface area contributed by atoms with Crippen molar-refractivity contribution < 1.29 is 5.11 Å². The topological polar surface area (TPSA) is 20.2 Å². The molecule has 0 aliphatic heterocycles. The van der Waals surface area contributed by atoms with Gasteiger partial charge < -0.3 is 5.11 Å². The highest BCUT2D eigenvalue weighted by molar-refractivity contribution is 5.18. The Morgan fingerprint density at radius 1 is 1.22 bits per heavy atom. The van der Waals surface area contributed by atoms with Crippen molar-refractivity contribution in [3.8, 4) is 0 Å². The normalized spacial score (nSPS) is 46.1. The molecule has 9 heavy (non-hydrogen) atoms. The van der Waals surface area contributed by atoms with Crippen LogP contribution in [0.5, 0.6) is 0 Å². The average Bonchev–Trinajstić information content (AvgIpc) is 2.55. The van der Waals surface area contributed by atoms with Crippen molar-refractivity contribution in [3.05, 3.63) is 24.3 Å². The average molecular weight is 122 g/mol. The van der Waals surface area contributed by atoms with Gasteiger partial charge in [-0.3, -0.25) is 0 Å². The molecule has 2 rings (SSSR count). The van der Waals surface area contributed by atoms with Crippen LogP contribution in [0.4, 0.5) is 0 Å². The van der Waals surface area contributed by atoms with E-state index in [0.29, 0.717) is 11.8 Å². The van der Waals surface area contributed by atoms with E-state index in [-0.39, 0.29) is 6.10 Å². The zero-order valence-electron chi connectivity index (χ0n) is 5.20. The van der Waals surface area contributed by atoms with Crippen molar-refractivity contribution in [1.82, 2.24) is 0 Å². The number of aliphatic hydroxyl groups is 1. The molecule has 0 bridgehead atoms. The molecule has 0 amide bonds. The van der Waals surface area contributed by atoms with E-state index in [1.54, 1.807) is 0 Å². The SMILES string of the molecule is O[C@H]1C=CC=C[C@H]2C[C@@H]12. The van der Waals surface area contributed by atoms with Crippen LogP contribution >= 0.6 is 0 Å². The molecule has 1 nitrogen and oxygen atoms in total. The van der Waals surface area contributed by atoms with E-state index in [9.17, 15) is 5.11 Å². The van der Waals surface area contributed by atoms with Crippen LogP contribution in [-0.4, -0.2) is 11.2 Å². The Kier molecular flexibility index (Phi) is 0.995. The fourth-order valence-corrected chi connectivity index (χ4v) is 1.38. The van der Waals surface area contributed by atoms with Crippen molar-refractivity contribution in [1.29, 1.82) is 0 Å². The Morgan fingerprint density at radius 3 is 2.89 bits per heavy atom. The lowest BCUT2D eigenvalue weighted by Crippen LogP contribution is -2.04. The minimum atomic E-state index is -0.176. The molecule has 0 heterocycles. The summed E-state index contributed by atoms with van der Waals surface area (Å²) in [6, 6.07) is 0. The van der Waals surface area contributed by atoms with Gasteiger partial charge in [-0.15, -0.1) is 0 Å². The van der Waals surface area contributed by atoms with Crippen LogP contribution < -0.4 is 0 Å². The third-order valence-corrected chi connectivity index (χ3v) is 2.11. The van der Waals surface area contributed by atoms with Crippen LogP contribution in [0.25, 0.3) is 0 Å². The van der Waals surface area contributed by atoms with Crippen molar-refractivity contribution in [3.63, 3.8) is 0 Å². The van der Waals surface area contributed by atoms with Gasteiger partial charge in [-0.2, -0.15) is 0 Å². The highest BCUT2D eigenvalue weighted by atomic mass is 16.3. The van der Waals surface area contributed by atoms with E-state index >= 15 is 0 Å². The second-order valence-electron chi connectivity index (χ2n) is 2.82. The molecule has 0 spiro atoms. The summed E-state index contributed by atoms with van der Waals surface area (Å²) in [5.41, 5.74) is 0. The van der Waals surface area contributed by atoms with Crippen LogP contribution in [0.3, 0.4) is 0 Å². The van der Waals surface area contributed by atoms with E-state index in [2.05, 4.69) is 6.08 Å². The minimum Gasteiger partial charge on any atom is -0.389 e. The van der Waals surface area contributed by atoms with Gasteiger partial charge in [0, 0.05) is 0 Å². The second kappa shape index (κ2) is 1.71. The molecule has 0 radical (unpaired) electrons. The summed E-state index contributed by atoms with van der Waals surface area (Å²) in [5.74, 6) is 1.22. The third kappa shape index (κ3) is 0.815. The van der Waals surface area contributed by atoms with Crippen LogP contribution in [-0.2, 0) is 0 Å². The first-order valence-electron chi connectivity index (χ1n) is 3.41. The quantitative estimate of drug-likeness (QED) is 0.510. The molecular weight excluding hydrogens is 112 g/mol. The number of allylic oxidation sites excluding steroid dienone is 3. The first-order chi connectivity index (χ1) is 4.38. The molecule has 0 saturated heterocycles. The van der Waals surface area contributed by atoms with Gasteiger partial charge in [0.2, 0.25) is 0 Å². The summed E-state index contributed by atoms with van der Waals surface area (Å²) in [4.78, 5) is 0. The lowest BCUT2D eigenvalue weighted by atomic mass is 10.2. The molecule has 0 unspecified atom stereocenters. The first-order valence-corrected chi connectivity index (χ1v) is 3.41. The first kappa shape index (κ1) is 5.24. The van der Waals surface area contributed by atoms with Gasteiger partial charge in [0.25, 0.3) is 0 Å². The van der Waals surface area contributed by atoms with Gasteiger partial charge in [0.05, 0.1) is 6.10 Å². The minimum absolute atomic E-state index is 0.176. The van der Waals surface area contributed by atoms with Crippen molar-refractivity contribution >= 4 is 0 Å². The van der Waals surface area contributed by atoms with E-state index in [4.69, 9.17) is 0 Å². The molecule has 0 aromatic rings. The Balaban J connectivity index is 2.17. The Labute approximate surface area is 54.7 Å². The lowest BCUT2D eigenvalue weighted by Gasteiger charge is -1.98. The second-order valence-corrected chi connectivity index (χ2v) is 2.82. The standard InChI is InChI=1S/C8H10O/c9-8-4-2-1-3-6-5-7(6)8/h1-4,6-9H,5H2/t6-,7+,8-/m0/s1. The van der Waals surface area contributed by atoms with Crippen molar-refractivity contribution in [2.75, 3.05) is 0 Å². The van der Waals surface area contributed by atoms with E-state index in [1.165, 1.54) is 6.42 Å². The number of hydrogen-bond donors (Lipinski definition) is 1. The molecule has 1 saturated carbocycles. The fraction of sp³-hybridized carbons (Fsp3) is 0.500. The zero-order valence-corrected chi connectivity index (χ0v) is 5.20. The van der Waals surface area contributed by atoms with E-state index in [0.717, 1.165) is 0 Å². The molecule has 0 aromatic carbocycles. The van der Waals surface area contributed by atoms with Gasteiger partial charge in [-0.05, 0) is 18.3 Å². The predicted octanol–water partition coefficient (Wildman–Crippen LogP) is 1.11. The third-order valence-electron chi connectivity index (χ3n) is 2.11. The number of fused-ring (bicyclic) bond motifs is 1. The highest BCUT2D eigenvalue weighted by Crippen LogP contribution is 2.43. The summed E-state index contributed by atoms with van der Waals surface area (Å²) in [6.45, 7) is 0. The van der Waals surface area contributed by atoms with Gasteiger partial charge >= 0.3 is 0 Å². The van der Waals surface area contributed by atoms with Crippen molar-refractivity contribution in [2.24, 2.45) is 11.8 Å². The summed E-state index contributed by atoms with van der Waals surface area (Å²) in [6.07, 6.45) is 9.01. The van der Waals surface area contributed by atoms with Gasteiger partial charge in [0.15, 0.2) is 0 Å². The Bertz CT molecular complexity index is 169. The zero-order chi connectivity index (χ0) is 6.27. The van der Waals surface area contributed by atoms with Gasteiger partial charge in [-0.1, -0.05) is 24.3 Å². The molecule has 1 N–H and O–H groups in total. The monoisotopic (exact) mass is 122 g/mol. The predicted molar refractivity (Wildman–Crippen MR) is 35.9 cm³/mol. The molecule has 2 aliphatic carbocycles. The molecular formula is C8H10O. The molecule has 1 heteroatoms. The van der Waals surface area contributed by atoms with Crippen molar-refractivity contribution in [2.45, 2.75) is 12.5 Å². The molecule has 0 aromatic heterocycles. The molecule has 2 aliphatic rings. The van der Waals surface area contributed by atoms with E-state index in [1.807, 2.05) is 18.2 Å². The van der Waals surface area contributed by atoms with Crippen LogP contribution in [0.2, 0.25) is 0 Å². The largest absolute Gasteiger partial charge is 0.389 e. The lowest BCUT2D eigenvalue weighted by molar-refractivity contribution is 0.196. The fourth-order valence-electron chi connectivity index (χ4n) is 1.38. The number of aliphatic hydroxyl groups excluding tert-OH is 1. The maximum atomic E-state index is 9.27. The van der Waals surface area contributed by atoms with E-state index < -0.39 is 0 Å². The van der Waals surface area contributed by atoms with Gasteiger partial charge in [0.1, 0.15) is 0 Å². The summed E-state index contributed by atoms with van der Waals surface area (Å²) in [5, 5.41) is 9.27. The summed E-state index contributed by atoms with van der Waals surface area (Å²) >= 11 is 0. The number of rotatable bonds is 0. The van der Waals surface area contributed by atoms with Gasteiger partial charge in [-0.25, -0.2) is 0 Å². The van der Waals surface area contributed by atoms with Crippen LogP contribution in [0.1, 0.15) is 6.42 Å². The highest BCUT2D eigenvalue weighted by Gasteiger charge is 2.39. The maximum Gasteiger partial charge on any atom is 0.0757 e. The number of hydrogen-bond acceptors (Lipinski definition) is 1. The Morgan fingerprint density at radius 2 is 2.00 bits per heavy atom. The van der Waals surface area contributed by atoms with Crippen LogP contribution in [0.15, 0.2) is 24.3 Å². The summed E-state index contributed by atoms with van der Waals surface area (Å²) in [7, 11) is 0. The molecule has 3 atom stereocenters. The maximum absolute atomic E-state index is 9.27. The van der Waals surface area contributed by atoms with Crippen LogP contribution in [0, 0.1) is 11.8 Å². The smallest absolute Gasteiger partial charge is 0.0757 e. The Hall–Kier alpha value is -0.560. The molecule has 1 fully saturated rings.